The molecule has 0 saturated heterocycles. The van der Waals surface area contributed by atoms with Crippen LogP contribution in [0.1, 0.15) is 36.8 Å². The molecule has 0 saturated carbocycles. The normalized spacial score (nSPS) is 16.6. The number of hydrogen-bond acceptors (Lipinski definition) is 2. The number of aromatic nitrogens is 2. The van der Waals surface area contributed by atoms with Crippen molar-refractivity contribution in [2.75, 3.05) is 0 Å². The molecule has 1 N–H and O–H groups in total. The van der Waals surface area contributed by atoms with Gasteiger partial charge in [-0.25, -0.2) is 4.98 Å². The molecule has 1 aliphatic carbocycles. The van der Waals surface area contributed by atoms with Crippen molar-refractivity contribution in [1.82, 2.24) is 14.9 Å². The Morgan fingerprint density at radius 1 is 1.20 bits per heavy atom. The molecule has 20 heavy (non-hydrogen) atoms. The highest BCUT2D eigenvalue weighted by atomic mass is 15.1. The zero-order chi connectivity index (χ0) is 14.1. The number of aryl methyl sites for hydroxylation is 1. The molecule has 1 aromatic heterocycles. The van der Waals surface area contributed by atoms with Crippen LogP contribution in [0.4, 0.5) is 0 Å². The van der Waals surface area contributed by atoms with E-state index in [1.54, 1.807) is 0 Å². The van der Waals surface area contributed by atoms with Crippen molar-refractivity contribution in [2.45, 2.75) is 38.8 Å². The first-order chi connectivity index (χ1) is 9.65. The van der Waals surface area contributed by atoms with Crippen LogP contribution in [0.2, 0.25) is 0 Å². The highest BCUT2D eigenvalue weighted by Gasteiger charge is 2.27. The maximum Gasteiger partial charge on any atom is 0.125 e. The molecule has 1 aromatic carbocycles. The Labute approximate surface area is 121 Å². The summed E-state index contributed by atoms with van der Waals surface area (Å²) < 4.78 is 2.12. The van der Waals surface area contributed by atoms with E-state index in [-0.39, 0.29) is 0 Å². The minimum Gasteiger partial charge on any atom is -0.337 e. The van der Waals surface area contributed by atoms with Gasteiger partial charge in [-0.2, -0.15) is 0 Å². The van der Waals surface area contributed by atoms with Crippen molar-refractivity contribution in [3.05, 3.63) is 53.6 Å². The number of imidazole rings is 1. The van der Waals surface area contributed by atoms with Crippen molar-refractivity contribution < 1.29 is 0 Å². The van der Waals surface area contributed by atoms with Gasteiger partial charge in [-0.1, -0.05) is 38.1 Å². The zero-order valence-corrected chi connectivity index (χ0v) is 12.5. The third-order valence-corrected chi connectivity index (χ3v) is 4.27. The quantitative estimate of drug-likeness (QED) is 0.925. The summed E-state index contributed by atoms with van der Waals surface area (Å²) in [4.78, 5) is 4.53. The molecule has 1 unspecified atom stereocenters. The van der Waals surface area contributed by atoms with Gasteiger partial charge in [0.2, 0.25) is 0 Å². The predicted octanol–water partition coefficient (Wildman–Crippen LogP) is 2.87. The fourth-order valence-corrected chi connectivity index (χ4v) is 3.17. The van der Waals surface area contributed by atoms with E-state index in [4.69, 9.17) is 0 Å². The lowest BCUT2D eigenvalue weighted by atomic mass is 10.0. The number of fused-ring (bicyclic) bond motifs is 1. The van der Waals surface area contributed by atoms with Crippen molar-refractivity contribution in [1.29, 1.82) is 0 Å². The fourth-order valence-electron chi connectivity index (χ4n) is 3.17. The maximum absolute atomic E-state index is 4.53. The second-order valence-corrected chi connectivity index (χ2v) is 6.16. The monoisotopic (exact) mass is 269 g/mol. The van der Waals surface area contributed by atoms with Crippen LogP contribution in [-0.2, 0) is 19.9 Å². The summed E-state index contributed by atoms with van der Waals surface area (Å²) in [6.07, 6.45) is 6.17. The third kappa shape index (κ3) is 2.50. The van der Waals surface area contributed by atoms with Crippen molar-refractivity contribution >= 4 is 0 Å². The van der Waals surface area contributed by atoms with Gasteiger partial charge in [-0.05, 0) is 29.9 Å². The van der Waals surface area contributed by atoms with E-state index in [0.29, 0.717) is 18.0 Å². The topological polar surface area (TPSA) is 29.9 Å². The summed E-state index contributed by atoms with van der Waals surface area (Å²) >= 11 is 0. The summed E-state index contributed by atoms with van der Waals surface area (Å²) in [6.45, 7) is 4.52. The average molecular weight is 269 g/mol. The first-order valence-corrected chi connectivity index (χ1v) is 7.45. The molecule has 3 nitrogen and oxygen atoms in total. The molecule has 0 bridgehead atoms. The van der Waals surface area contributed by atoms with Gasteiger partial charge in [-0.15, -0.1) is 0 Å². The molecule has 1 heterocycles. The number of hydrogen-bond donors (Lipinski definition) is 1. The third-order valence-electron chi connectivity index (χ3n) is 4.27. The Kier molecular flexibility index (Phi) is 3.62. The Bertz CT molecular complexity index is 560. The standard InChI is InChI=1S/C17H23N3/c1-12(2)16(17-18-8-9-20(17)3)19-15-10-13-6-4-5-7-14(13)11-15/h4-9,12,15-16,19H,10-11H2,1-3H3. The van der Waals surface area contributed by atoms with Gasteiger partial charge >= 0.3 is 0 Å². The number of nitrogens with zero attached hydrogens (tertiary/aromatic N) is 2. The Hall–Kier alpha value is -1.61. The van der Waals surface area contributed by atoms with Gasteiger partial charge < -0.3 is 9.88 Å². The second-order valence-electron chi connectivity index (χ2n) is 6.16. The average Bonchev–Trinajstić information content (AvgIpc) is 3.01. The van der Waals surface area contributed by atoms with Crippen LogP contribution in [0.25, 0.3) is 0 Å². The first-order valence-electron chi connectivity index (χ1n) is 7.45. The molecule has 106 valence electrons. The molecule has 0 fully saturated rings. The molecule has 3 rings (SSSR count). The van der Waals surface area contributed by atoms with Crippen molar-refractivity contribution in [2.24, 2.45) is 13.0 Å². The van der Waals surface area contributed by atoms with E-state index in [1.807, 2.05) is 12.4 Å². The first kappa shape index (κ1) is 13.4. The summed E-state index contributed by atoms with van der Waals surface area (Å²) in [5.74, 6) is 1.66. The Morgan fingerprint density at radius 2 is 1.85 bits per heavy atom. The van der Waals surface area contributed by atoms with E-state index < -0.39 is 0 Å². The van der Waals surface area contributed by atoms with Crippen molar-refractivity contribution in [3.8, 4) is 0 Å². The van der Waals surface area contributed by atoms with Gasteiger partial charge in [0.05, 0.1) is 6.04 Å². The Balaban J connectivity index is 1.75. The second kappa shape index (κ2) is 5.41. The largest absolute Gasteiger partial charge is 0.337 e. The molecule has 1 aliphatic rings. The lowest BCUT2D eigenvalue weighted by molar-refractivity contribution is 0.343. The minimum atomic E-state index is 0.314. The van der Waals surface area contributed by atoms with Crippen LogP contribution in [0, 0.1) is 5.92 Å². The van der Waals surface area contributed by atoms with E-state index in [0.717, 1.165) is 18.7 Å². The van der Waals surface area contributed by atoms with E-state index in [9.17, 15) is 0 Å². The van der Waals surface area contributed by atoms with Crippen molar-refractivity contribution in [3.63, 3.8) is 0 Å². The molecule has 1 atom stereocenters. The highest BCUT2D eigenvalue weighted by Crippen LogP contribution is 2.26. The molecule has 0 radical (unpaired) electrons. The van der Waals surface area contributed by atoms with Crippen LogP contribution in [0.3, 0.4) is 0 Å². The zero-order valence-electron chi connectivity index (χ0n) is 12.5. The maximum atomic E-state index is 4.53. The lowest BCUT2D eigenvalue weighted by Crippen LogP contribution is -2.37. The van der Waals surface area contributed by atoms with Gasteiger partial charge in [0.15, 0.2) is 0 Å². The van der Waals surface area contributed by atoms with Gasteiger partial charge in [0.25, 0.3) is 0 Å². The van der Waals surface area contributed by atoms with Gasteiger partial charge in [0.1, 0.15) is 5.82 Å². The van der Waals surface area contributed by atoms with Gasteiger partial charge in [0, 0.05) is 25.5 Å². The lowest BCUT2D eigenvalue weighted by Gasteiger charge is -2.26. The molecule has 2 aromatic rings. The molecular weight excluding hydrogens is 246 g/mol. The van der Waals surface area contributed by atoms with Crippen LogP contribution < -0.4 is 5.32 Å². The van der Waals surface area contributed by atoms with Crippen LogP contribution >= 0.6 is 0 Å². The van der Waals surface area contributed by atoms with E-state index in [2.05, 4.69) is 60.0 Å². The SMILES string of the molecule is CC(C)C(NC1Cc2ccccc2C1)c1nccn1C. The fraction of sp³-hybridized carbons (Fsp3) is 0.471. The summed E-state index contributed by atoms with van der Waals surface area (Å²) in [6, 6.07) is 9.62. The molecule has 0 spiro atoms. The van der Waals surface area contributed by atoms with Crippen LogP contribution in [-0.4, -0.2) is 15.6 Å². The molecular formula is C17H23N3. The summed E-state index contributed by atoms with van der Waals surface area (Å²) in [5, 5.41) is 3.82. The Morgan fingerprint density at radius 3 is 2.35 bits per heavy atom. The molecule has 0 amide bonds. The van der Waals surface area contributed by atoms with Crippen LogP contribution in [0.5, 0.6) is 0 Å². The van der Waals surface area contributed by atoms with Gasteiger partial charge in [-0.3, -0.25) is 0 Å². The predicted molar refractivity (Wildman–Crippen MR) is 81.6 cm³/mol. The molecule has 3 heteroatoms. The number of benzene rings is 1. The smallest absolute Gasteiger partial charge is 0.125 e. The number of nitrogens with one attached hydrogen (secondary N) is 1. The van der Waals surface area contributed by atoms with E-state index >= 15 is 0 Å². The van der Waals surface area contributed by atoms with E-state index in [1.165, 1.54) is 11.1 Å². The highest BCUT2D eigenvalue weighted by molar-refractivity contribution is 5.33. The summed E-state index contributed by atoms with van der Waals surface area (Å²) in [5.41, 5.74) is 2.99. The summed E-state index contributed by atoms with van der Waals surface area (Å²) in [7, 11) is 2.07. The minimum absolute atomic E-state index is 0.314. The van der Waals surface area contributed by atoms with Crippen LogP contribution in [0.15, 0.2) is 36.7 Å². The molecule has 0 aliphatic heterocycles. The number of rotatable bonds is 4.